The molecule has 2 rings (SSSR count). The van der Waals surface area contributed by atoms with Crippen molar-refractivity contribution < 1.29 is 17.9 Å². The highest BCUT2D eigenvalue weighted by molar-refractivity contribution is 7.92. The largest absolute Gasteiger partial charge is 0.497 e. The van der Waals surface area contributed by atoms with Crippen molar-refractivity contribution in [3.8, 4) is 5.75 Å². The molecule has 6 heteroatoms. The lowest BCUT2D eigenvalue weighted by atomic mass is 10.1. The fourth-order valence-corrected chi connectivity index (χ4v) is 3.65. The molecule has 1 unspecified atom stereocenters. The molecule has 5 nitrogen and oxygen atoms in total. The highest BCUT2D eigenvalue weighted by Crippen LogP contribution is 2.29. The number of carbonyl (C=O) groups is 1. The summed E-state index contributed by atoms with van der Waals surface area (Å²) in [7, 11) is -2.39. The first-order chi connectivity index (χ1) is 9.96. The molecule has 1 atom stereocenters. The number of ether oxygens (including phenoxy) is 1. The zero-order chi connectivity index (χ0) is 15.5. The first-order valence-corrected chi connectivity index (χ1v) is 7.73. The molecule has 1 amide bonds. The first-order valence-electron chi connectivity index (χ1n) is 6.19. The van der Waals surface area contributed by atoms with Gasteiger partial charge in [0.05, 0.1) is 12.0 Å². The first kappa shape index (κ1) is 15.1. The van der Waals surface area contributed by atoms with E-state index in [0.29, 0.717) is 11.3 Å². The Bertz CT molecular complexity index is 724. The molecule has 0 spiro atoms. The highest BCUT2D eigenvalue weighted by atomic mass is 32.2. The molecular weight excluding hydrogens is 290 g/mol. The average molecular weight is 305 g/mol. The SMILES string of the molecule is COc1ccc(C(C(N)=O)S(=O)(=O)c2ccccc2)cc1. The predicted molar refractivity (Wildman–Crippen MR) is 78.6 cm³/mol. The van der Waals surface area contributed by atoms with E-state index in [1.807, 2.05) is 0 Å². The maximum atomic E-state index is 12.6. The summed E-state index contributed by atoms with van der Waals surface area (Å²) in [5, 5.41) is -1.43. The molecule has 0 heterocycles. The molecule has 0 radical (unpaired) electrons. The maximum absolute atomic E-state index is 12.6. The van der Waals surface area contributed by atoms with Crippen LogP contribution in [0.2, 0.25) is 0 Å². The van der Waals surface area contributed by atoms with Crippen LogP contribution in [0.4, 0.5) is 0 Å². The predicted octanol–water partition coefficient (Wildman–Crippen LogP) is 1.70. The lowest BCUT2D eigenvalue weighted by molar-refractivity contribution is -0.117. The molecule has 0 aliphatic rings. The number of amides is 1. The van der Waals surface area contributed by atoms with Crippen LogP contribution in [0.3, 0.4) is 0 Å². The van der Waals surface area contributed by atoms with Crippen LogP contribution in [0.15, 0.2) is 59.5 Å². The third-order valence-corrected chi connectivity index (χ3v) is 5.11. The van der Waals surface area contributed by atoms with Crippen molar-refractivity contribution in [2.24, 2.45) is 5.73 Å². The van der Waals surface area contributed by atoms with Crippen molar-refractivity contribution in [2.75, 3.05) is 7.11 Å². The van der Waals surface area contributed by atoms with Crippen molar-refractivity contribution in [2.45, 2.75) is 10.1 Å². The normalized spacial score (nSPS) is 12.6. The Labute approximate surface area is 123 Å². The molecule has 2 N–H and O–H groups in total. The number of benzene rings is 2. The fourth-order valence-electron chi connectivity index (χ4n) is 2.02. The molecule has 110 valence electrons. The number of hydrogen-bond donors (Lipinski definition) is 1. The standard InChI is InChI=1S/C15H15NO4S/c1-20-12-9-7-11(8-10-12)14(15(16)17)21(18,19)13-5-3-2-4-6-13/h2-10,14H,1H3,(H2,16,17). The van der Waals surface area contributed by atoms with Crippen molar-refractivity contribution in [3.63, 3.8) is 0 Å². The van der Waals surface area contributed by atoms with Gasteiger partial charge in [0.25, 0.3) is 0 Å². The fraction of sp³-hybridized carbons (Fsp3) is 0.133. The zero-order valence-electron chi connectivity index (χ0n) is 11.4. The van der Waals surface area contributed by atoms with Crippen molar-refractivity contribution in [1.29, 1.82) is 0 Å². The van der Waals surface area contributed by atoms with E-state index in [0.717, 1.165) is 0 Å². The van der Waals surface area contributed by atoms with Gasteiger partial charge in [0.15, 0.2) is 15.1 Å². The van der Waals surface area contributed by atoms with Gasteiger partial charge in [0.2, 0.25) is 5.91 Å². The van der Waals surface area contributed by atoms with Crippen LogP contribution >= 0.6 is 0 Å². The lowest BCUT2D eigenvalue weighted by Crippen LogP contribution is -2.28. The van der Waals surface area contributed by atoms with E-state index in [-0.39, 0.29) is 4.90 Å². The Morgan fingerprint density at radius 1 is 1.05 bits per heavy atom. The molecule has 0 saturated heterocycles. The van der Waals surface area contributed by atoms with Crippen LogP contribution in [-0.4, -0.2) is 21.4 Å². The molecule has 21 heavy (non-hydrogen) atoms. The molecule has 0 saturated carbocycles. The molecule has 0 aromatic heterocycles. The summed E-state index contributed by atoms with van der Waals surface area (Å²) >= 11 is 0. The third-order valence-electron chi connectivity index (χ3n) is 3.06. The van der Waals surface area contributed by atoms with Crippen molar-refractivity contribution >= 4 is 15.7 Å². The van der Waals surface area contributed by atoms with Gasteiger partial charge < -0.3 is 10.5 Å². The Morgan fingerprint density at radius 2 is 1.62 bits per heavy atom. The van der Waals surface area contributed by atoms with E-state index in [1.54, 1.807) is 30.3 Å². The highest BCUT2D eigenvalue weighted by Gasteiger charge is 2.33. The smallest absolute Gasteiger partial charge is 0.240 e. The number of nitrogens with two attached hydrogens (primary N) is 1. The number of rotatable bonds is 5. The monoisotopic (exact) mass is 305 g/mol. The van der Waals surface area contributed by atoms with Crippen LogP contribution < -0.4 is 10.5 Å². The molecule has 2 aromatic rings. The molecule has 2 aromatic carbocycles. The van der Waals surface area contributed by atoms with Crippen molar-refractivity contribution in [1.82, 2.24) is 0 Å². The van der Waals surface area contributed by atoms with Crippen LogP contribution in [0.1, 0.15) is 10.8 Å². The summed E-state index contributed by atoms with van der Waals surface area (Å²) in [6, 6.07) is 14.0. The Balaban J connectivity index is 2.50. The van der Waals surface area contributed by atoms with Crippen LogP contribution in [0, 0.1) is 0 Å². The number of hydrogen-bond acceptors (Lipinski definition) is 4. The number of carbonyl (C=O) groups excluding carboxylic acids is 1. The van der Waals surface area contributed by atoms with Crippen molar-refractivity contribution in [3.05, 3.63) is 60.2 Å². The topological polar surface area (TPSA) is 86.5 Å². The van der Waals surface area contributed by atoms with Gasteiger partial charge in [-0.1, -0.05) is 30.3 Å². The van der Waals surface area contributed by atoms with Crippen LogP contribution in [-0.2, 0) is 14.6 Å². The summed E-state index contributed by atoms with van der Waals surface area (Å²) in [6.45, 7) is 0. The quantitative estimate of drug-likeness (QED) is 0.910. The van der Waals surface area contributed by atoms with E-state index in [1.165, 1.54) is 31.4 Å². The van der Waals surface area contributed by atoms with Crippen LogP contribution in [0.5, 0.6) is 5.75 Å². The van der Waals surface area contributed by atoms with E-state index >= 15 is 0 Å². The number of primary amides is 1. The summed E-state index contributed by atoms with van der Waals surface area (Å²) in [5.74, 6) is -0.344. The molecule has 0 aliphatic heterocycles. The number of methoxy groups -OCH3 is 1. The van der Waals surface area contributed by atoms with Gasteiger partial charge in [-0.15, -0.1) is 0 Å². The minimum absolute atomic E-state index is 0.0598. The van der Waals surface area contributed by atoms with Gasteiger partial charge in [-0.25, -0.2) is 8.42 Å². The van der Waals surface area contributed by atoms with Gasteiger partial charge in [0.1, 0.15) is 5.75 Å². The Hall–Kier alpha value is -2.34. The summed E-state index contributed by atoms with van der Waals surface area (Å²) < 4.78 is 30.2. The molecule has 0 aliphatic carbocycles. The number of sulfone groups is 1. The van der Waals surface area contributed by atoms with Gasteiger partial charge in [-0.05, 0) is 29.8 Å². The van der Waals surface area contributed by atoms with Gasteiger partial charge in [-0.3, -0.25) is 4.79 Å². The second kappa shape index (κ2) is 5.97. The van der Waals surface area contributed by atoms with Gasteiger partial charge in [0, 0.05) is 0 Å². The molecule has 0 bridgehead atoms. The van der Waals surface area contributed by atoms with E-state index in [9.17, 15) is 13.2 Å². The summed E-state index contributed by atoms with van der Waals surface area (Å²) in [5.41, 5.74) is 5.63. The minimum atomic E-state index is -3.89. The zero-order valence-corrected chi connectivity index (χ0v) is 12.2. The second-order valence-electron chi connectivity index (χ2n) is 4.41. The Morgan fingerprint density at radius 3 is 2.10 bits per heavy atom. The van der Waals surface area contributed by atoms with E-state index < -0.39 is 21.0 Å². The summed E-state index contributed by atoms with van der Waals surface area (Å²) in [4.78, 5) is 11.7. The molecular formula is C15H15NO4S. The minimum Gasteiger partial charge on any atom is -0.497 e. The van der Waals surface area contributed by atoms with Crippen LogP contribution in [0.25, 0.3) is 0 Å². The second-order valence-corrected chi connectivity index (χ2v) is 6.45. The average Bonchev–Trinajstić information content (AvgIpc) is 2.48. The Kier molecular flexibility index (Phi) is 4.28. The summed E-state index contributed by atoms with van der Waals surface area (Å²) in [6.07, 6.45) is 0. The van der Waals surface area contributed by atoms with E-state index in [4.69, 9.17) is 10.5 Å². The lowest BCUT2D eigenvalue weighted by Gasteiger charge is -2.15. The van der Waals surface area contributed by atoms with E-state index in [2.05, 4.69) is 0 Å². The maximum Gasteiger partial charge on any atom is 0.240 e. The molecule has 0 fully saturated rings. The van der Waals surface area contributed by atoms with Gasteiger partial charge >= 0.3 is 0 Å². The third kappa shape index (κ3) is 3.05. The van der Waals surface area contributed by atoms with Gasteiger partial charge in [-0.2, -0.15) is 0 Å².